The fourth-order valence-corrected chi connectivity index (χ4v) is 2.68. The number of hydrogen-bond donors (Lipinski definition) is 4. The molecule has 0 radical (unpaired) electrons. The number of fused-ring (bicyclic) bond motifs is 1. The van der Waals surface area contributed by atoms with Crippen LogP contribution in [0.25, 0.3) is 11.1 Å². The molecule has 132 valence electrons. The lowest BCUT2D eigenvalue weighted by molar-refractivity contribution is 0.0707. The minimum absolute atomic E-state index is 0.154. The van der Waals surface area contributed by atoms with E-state index in [-0.39, 0.29) is 11.6 Å². The monoisotopic (exact) mass is 355 g/mol. The maximum atomic E-state index is 11.7. The molecule has 1 aliphatic rings. The van der Waals surface area contributed by atoms with Gasteiger partial charge in [0, 0.05) is 30.7 Å². The lowest BCUT2D eigenvalue weighted by Gasteiger charge is -2.32. The Kier molecular flexibility index (Phi) is 6.38. The van der Waals surface area contributed by atoms with Crippen LogP contribution in [0.2, 0.25) is 5.02 Å². The summed E-state index contributed by atoms with van der Waals surface area (Å²) in [5, 5.41) is 15.2. The number of aromatic nitrogens is 1. The van der Waals surface area contributed by atoms with Gasteiger partial charge in [-0.1, -0.05) is 11.6 Å². The molecule has 0 spiro atoms. The van der Waals surface area contributed by atoms with Crippen molar-refractivity contribution in [1.29, 1.82) is 0 Å². The van der Waals surface area contributed by atoms with Crippen molar-refractivity contribution in [3.8, 4) is 0 Å². The number of rotatable bonds is 2. The molecule has 9 heteroatoms. The van der Waals surface area contributed by atoms with E-state index in [9.17, 15) is 4.79 Å². The third-order valence-corrected chi connectivity index (χ3v) is 3.75. The Morgan fingerprint density at radius 3 is 2.83 bits per heavy atom. The summed E-state index contributed by atoms with van der Waals surface area (Å²) >= 11 is 5.98. The molecular weight excluding hydrogens is 334 g/mol. The summed E-state index contributed by atoms with van der Waals surface area (Å²) in [6.07, 6.45) is 0. The van der Waals surface area contributed by atoms with Crippen LogP contribution in [0.3, 0.4) is 0 Å². The summed E-state index contributed by atoms with van der Waals surface area (Å²) in [7, 11) is 3.75. The van der Waals surface area contributed by atoms with E-state index in [1.807, 2.05) is 19.0 Å². The maximum absolute atomic E-state index is 11.7. The molecule has 1 atom stereocenters. The molecule has 8 nitrogen and oxygen atoms in total. The Bertz CT molecular complexity index is 706. The first kappa shape index (κ1) is 18.5. The third-order valence-electron chi connectivity index (χ3n) is 3.54. The molecule has 24 heavy (non-hydrogen) atoms. The SMILES string of the molecule is CNC.C[C@H]1CNCCN1c1nc2cc(Cl)cc(C(=O)NO)c2o1. The molecule has 1 aliphatic heterocycles. The Morgan fingerprint density at radius 2 is 2.21 bits per heavy atom. The average Bonchev–Trinajstić information content (AvgIpc) is 2.98. The van der Waals surface area contributed by atoms with Crippen molar-refractivity contribution < 1.29 is 14.4 Å². The number of carbonyl (C=O) groups is 1. The Hall–Kier alpha value is -1.87. The third kappa shape index (κ3) is 3.96. The summed E-state index contributed by atoms with van der Waals surface area (Å²) in [5.74, 6) is -0.682. The van der Waals surface area contributed by atoms with Crippen LogP contribution in [-0.4, -0.2) is 55.9 Å². The lowest BCUT2D eigenvalue weighted by Crippen LogP contribution is -2.50. The first-order valence-corrected chi connectivity index (χ1v) is 8.00. The summed E-state index contributed by atoms with van der Waals surface area (Å²) in [5.41, 5.74) is 2.54. The van der Waals surface area contributed by atoms with Crippen molar-refractivity contribution in [2.45, 2.75) is 13.0 Å². The highest BCUT2D eigenvalue weighted by Gasteiger charge is 2.24. The zero-order chi connectivity index (χ0) is 17.7. The zero-order valence-corrected chi connectivity index (χ0v) is 14.6. The van der Waals surface area contributed by atoms with Crippen LogP contribution in [-0.2, 0) is 0 Å². The number of nitrogens with zero attached hydrogens (tertiary/aromatic N) is 2. The van der Waals surface area contributed by atoms with Crippen LogP contribution in [0.4, 0.5) is 6.01 Å². The molecule has 0 aliphatic carbocycles. The van der Waals surface area contributed by atoms with E-state index in [0.717, 1.165) is 19.6 Å². The van der Waals surface area contributed by atoms with Crippen molar-refractivity contribution in [1.82, 2.24) is 21.1 Å². The molecule has 1 amide bonds. The van der Waals surface area contributed by atoms with Crippen molar-refractivity contribution in [2.24, 2.45) is 0 Å². The second-order valence-electron chi connectivity index (χ2n) is 5.49. The van der Waals surface area contributed by atoms with Crippen LogP contribution >= 0.6 is 11.6 Å². The molecule has 1 aromatic heterocycles. The number of nitrogens with one attached hydrogen (secondary N) is 3. The number of benzene rings is 1. The molecule has 0 saturated carbocycles. The molecule has 2 aromatic rings. The Morgan fingerprint density at radius 1 is 1.50 bits per heavy atom. The highest BCUT2D eigenvalue weighted by Crippen LogP contribution is 2.29. The van der Waals surface area contributed by atoms with Crippen LogP contribution in [0.15, 0.2) is 16.5 Å². The quantitative estimate of drug-likeness (QED) is 0.474. The maximum Gasteiger partial charge on any atom is 0.298 e. The van der Waals surface area contributed by atoms with Gasteiger partial charge in [0.05, 0.1) is 5.56 Å². The fraction of sp³-hybridized carbons (Fsp3) is 0.467. The van der Waals surface area contributed by atoms with Gasteiger partial charge < -0.3 is 20.0 Å². The highest BCUT2D eigenvalue weighted by atomic mass is 35.5. The smallest absolute Gasteiger partial charge is 0.298 e. The van der Waals surface area contributed by atoms with Gasteiger partial charge in [-0.3, -0.25) is 10.0 Å². The van der Waals surface area contributed by atoms with E-state index in [2.05, 4.69) is 22.5 Å². The summed E-state index contributed by atoms with van der Waals surface area (Å²) < 4.78 is 5.74. The fourth-order valence-electron chi connectivity index (χ4n) is 2.46. The van der Waals surface area contributed by atoms with Crippen molar-refractivity contribution in [3.05, 3.63) is 22.7 Å². The zero-order valence-electron chi connectivity index (χ0n) is 13.9. The number of amides is 1. The molecule has 3 rings (SSSR count). The highest BCUT2D eigenvalue weighted by molar-refractivity contribution is 6.32. The molecule has 1 saturated heterocycles. The predicted molar refractivity (Wildman–Crippen MR) is 92.9 cm³/mol. The van der Waals surface area contributed by atoms with E-state index in [1.54, 1.807) is 11.5 Å². The summed E-state index contributed by atoms with van der Waals surface area (Å²) in [6.45, 7) is 4.51. The number of oxazole rings is 1. The van der Waals surface area contributed by atoms with Gasteiger partial charge in [-0.25, -0.2) is 5.48 Å². The number of anilines is 1. The van der Waals surface area contributed by atoms with Gasteiger partial charge in [-0.2, -0.15) is 4.98 Å². The number of piperazine rings is 1. The normalized spacial score (nSPS) is 17.4. The molecule has 4 N–H and O–H groups in total. The van der Waals surface area contributed by atoms with Gasteiger partial charge in [-0.15, -0.1) is 0 Å². The van der Waals surface area contributed by atoms with E-state index >= 15 is 0 Å². The van der Waals surface area contributed by atoms with E-state index in [1.165, 1.54) is 6.07 Å². The van der Waals surface area contributed by atoms with Crippen molar-refractivity contribution in [2.75, 3.05) is 38.6 Å². The Balaban J connectivity index is 0.000000647. The van der Waals surface area contributed by atoms with Crippen LogP contribution in [0, 0.1) is 0 Å². The van der Waals surface area contributed by atoms with E-state index < -0.39 is 5.91 Å². The molecular formula is C15H22ClN5O3. The van der Waals surface area contributed by atoms with Crippen LogP contribution in [0.5, 0.6) is 0 Å². The van der Waals surface area contributed by atoms with Gasteiger partial charge >= 0.3 is 0 Å². The minimum Gasteiger partial charge on any atom is -0.423 e. The minimum atomic E-state index is -0.682. The second-order valence-corrected chi connectivity index (χ2v) is 5.92. The summed E-state index contributed by atoms with van der Waals surface area (Å²) in [4.78, 5) is 18.1. The average molecular weight is 356 g/mol. The van der Waals surface area contributed by atoms with Crippen molar-refractivity contribution in [3.63, 3.8) is 0 Å². The molecule has 0 bridgehead atoms. The van der Waals surface area contributed by atoms with Crippen LogP contribution < -0.4 is 21.0 Å². The van der Waals surface area contributed by atoms with Crippen LogP contribution in [0.1, 0.15) is 17.3 Å². The van der Waals surface area contributed by atoms with E-state index in [4.69, 9.17) is 21.2 Å². The largest absolute Gasteiger partial charge is 0.423 e. The van der Waals surface area contributed by atoms with Gasteiger partial charge in [0.15, 0.2) is 5.58 Å². The molecule has 0 unspecified atom stereocenters. The first-order chi connectivity index (χ1) is 11.5. The van der Waals surface area contributed by atoms with Gasteiger partial charge in [0.1, 0.15) is 5.52 Å². The molecule has 2 heterocycles. The van der Waals surface area contributed by atoms with Gasteiger partial charge in [0.2, 0.25) is 0 Å². The standard InChI is InChI=1S/C13H15ClN4O3.C2H7N/c1-7-6-15-2-3-18(7)13-16-10-5-8(14)4-9(11(10)21-13)12(19)17-20;1-3-2/h4-5,7,15,20H,2-3,6H2,1H3,(H,17,19);3H,1-2H3/t7-;/m0./s1. The van der Waals surface area contributed by atoms with Gasteiger partial charge in [-0.05, 0) is 33.2 Å². The molecule has 1 fully saturated rings. The lowest BCUT2D eigenvalue weighted by atomic mass is 10.2. The van der Waals surface area contributed by atoms with E-state index in [0.29, 0.717) is 22.1 Å². The number of halogens is 1. The number of hydrogen-bond acceptors (Lipinski definition) is 7. The van der Waals surface area contributed by atoms with Gasteiger partial charge in [0.25, 0.3) is 11.9 Å². The predicted octanol–water partition coefficient (Wildman–Crippen LogP) is 1.23. The number of carbonyl (C=O) groups excluding carboxylic acids is 1. The summed E-state index contributed by atoms with van der Waals surface area (Å²) in [6, 6.07) is 3.75. The second kappa shape index (κ2) is 8.29. The number of hydroxylamine groups is 1. The first-order valence-electron chi connectivity index (χ1n) is 7.62. The molecule has 1 aromatic carbocycles. The topological polar surface area (TPSA) is 103 Å². The van der Waals surface area contributed by atoms with Crippen molar-refractivity contribution >= 4 is 34.6 Å². The Labute approximate surface area is 145 Å².